The zero-order valence-corrected chi connectivity index (χ0v) is 11.0. The lowest BCUT2D eigenvalue weighted by Crippen LogP contribution is -2.28. The van der Waals surface area contributed by atoms with Crippen LogP contribution in [0.25, 0.3) is 0 Å². The predicted octanol–water partition coefficient (Wildman–Crippen LogP) is 2.30. The average molecular weight is 257 g/mol. The van der Waals surface area contributed by atoms with Crippen LogP contribution in [0, 0.1) is 0 Å². The van der Waals surface area contributed by atoms with Crippen molar-refractivity contribution in [2.45, 2.75) is 18.6 Å². The summed E-state index contributed by atoms with van der Waals surface area (Å²) in [5.74, 6) is 0.786. The number of hydrogen-bond donors (Lipinski definition) is 2. The average Bonchev–Trinajstić information content (AvgIpc) is 2.47. The first-order chi connectivity index (χ1) is 9.20. The molecule has 0 aliphatic carbocycles. The molecule has 100 valence electrons. The summed E-state index contributed by atoms with van der Waals surface area (Å²) in [6, 6.07) is 16.9. The van der Waals surface area contributed by atoms with Crippen molar-refractivity contribution in [1.29, 1.82) is 0 Å². The fourth-order valence-electron chi connectivity index (χ4n) is 2.03. The molecule has 2 aromatic rings. The van der Waals surface area contributed by atoms with E-state index in [9.17, 15) is 5.11 Å². The molecule has 0 spiro atoms. The summed E-state index contributed by atoms with van der Waals surface area (Å²) >= 11 is 0. The van der Waals surface area contributed by atoms with Gasteiger partial charge in [0.05, 0.1) is 19.3 Å². The minimum Gasteiger partial charge on any atom is -0.497 e. The van der Waals surface area contributed by atoms with Crippen LogP contribution in [0.4, 0.5) is 0 Å². The number of benzene rings is 2. The largest absolute Gasteiger partial charge is 0.497 e. The summed E-state index contributed by atoms with van der Waals surface area (Å²) in [5, 5.41) is 10.2. The van der Waals surface area contributed by atoms with Gasteiger partial charge in [-0.3, -0.25) is 0 Å². The van der Waals surface area contributed by atoms with Gasteiger partial charge in [-0.05, 0) is 23.3 Å². The molecule has 2 atom stereocenters. The second-order valence-corrected chi connectivity index (χ2v) is 4.56. The van der Waals surface area contributed by atoms with Gasteiger partial charge in [0.1, 0.15) is 5.75 Å². The lowest BCUT2D eigenvalue weighted by atomic mass is 9.97. The van der Waals surface area contributed by atoms with Crippen LogP contribution >= 0.6 is 0 Å². The fraction of sp³-hybridized carbons (Fsp3) is 0.250. The highest BCUT2D eigenvalue weighted by Crippen LogP contribution is 2.20. The first-order valence-corrected chi connectivity index (χ1v) is 6.32. The zero-order chi connectivity index (χ0) is 13.7. The molecule has 0 radical (unpaired) electrons. The normalized spacial score (nSPS) is 13.8. The van der Waals surface area contributed by atoms with Crippen molar-refractivity contribution in [3.63, 3.8) is 0 Å². The van der Waals surface area contributed by atoms with E-state index >= 15 is 0 Å². The number of aliphatic hydroxyl groups is 1. The Kier molecular flexibility index (Phi) is 4.55. The molecule has 0 fully saturated rings. The van der Waals surface area contributed by atoms with Crippen molar-refractivity contribution in [2.24, 2.45) is 5.73 Å². The highest BCUT2D eigenvalue weighted by Gasteiger charge is 2.17. The Hall–Kier alpha value is -1.84. The maximum Gasteiger partial charge on any atom is 0.118 e. The van der Waals surface area contributed by atoms with Gasteiger partial charge in [-0.1, -0.05) is 42.5 Å². The highest BCUT2D eigenvalue weighted by molar-refractivity contribution is 5.30. The molecule has 0 heterocycles. The summed E-state index contributed by atoms with van der Waals surface area (Å²) in [5.41, 5.74) is 8.08. The first-order valence-electron chi connectivity index (χ1n) is 6.32. The van der Waals surface area contributed by atoms with E-state index in [4.69, 9.17) is 10.5 Å². The summed E-state index contributed by atoms with van der Waals surface area (Å²) in [6.45, 7) is 0. The molecule has 3 heteroatoms. The molecule has 19 heavy (non-hydrogen) atoms. The van der Waals surface area contributed by atoms with E-state index in [1.54, 1.807) is 7.11 Å². The van der Waals surface area contributed by atoms with Gasteiger partial charge >= 0.3 is 0 Å². The molecule has 0 saturated heterocycles. The number of ether oxygens (including phenoxy) is 1. The van der Waals surface area contributed by atoms with Crippen LogP contribution in [0.3, 0.4) is 0 Å². The Morgan fingerprint density at radius 1 is 1.05 bits per heavy atom. The third-order valence-corrected chi connectivity index (χ3v) is 3.20. The minimum atomic E-state index is -0.601. The lowest BCUT2D eigenvalue weighted by molar-refractivity contribution is 0.145. The first kappa shape index (κ1) is 13.6. The second-order valence-electron chi connectivity index (χ2n) is 4.56. The number of rotatable bonds is 5. The molecule has 0 unspecified atom stereocenters. The maximum atomic E-state index is 10.2. The maximum absolute atomic E-state index is 10.2. The molecule has 0 bridgehead atoms. The van der Waals surface area contributed by atoms with Crippen molar-refractivity contribution >= 4 is 0 Å². The molecule has 2 aromatic carbocycles. The van der Waals surface area contributed by atoms with Gasteiger partial charge in [-0.2, -0.15) is 0 Å². The predicted molar refractivity (Wildman–Crippen MR) is 76.1 cm³/mol. The zero-order valence-electron chi connectivity index (χ0n) is 11.0. The van der Waals surface area contributed by atoms with E-state index in [1.165, 1.54) is 0 Å². The molecular formula is C16H19NO2. The Morgan fingerprint density at radius 2 is 1.68 bits per heavy atom. The van der Waals surface area contributed by atoms with Crippen molar-refractivity contribution < 1.29 is 9.84 Å². The molecule has 0 aliphatic rings. The Morgan fingerprint density at radius 3 is 2.26 bits per heavy atom. The number of hydrogen-bond acceptors (Lipinski definition) is 3. The van der Waals surface area contributed by atoms with Crippen molar-refractivity contribution in [2.75, 3.05) is 7.11 Å². The minimum absolute atomic E-state index is 0.397. The van der Waals surface area contributed by atoms with E-state index in [0.717, 1.165) is 16.9 Å². The Balaban J connectivity index is 2.03. The summed E-state index contributed by atoms with van der Waals surface area (Å²) in [6.07, 6.45) is -0.0515. The molecular weight excluding hydrogens is 238 g/mol. The van der Waals surface area contributed by atoms with Gasteiger partial charge in [0.25, 0.3) is 0 Å². The van der Waals surface area contributed by atoms with E-state index in [1.807, 2.05) is 54.6 Å². The smallest absolute Gasteiger partial charge is 0.118 e. The summed E-state index contributed by atoms with van der Waals surface area (Å²) in [7, 11) is 1.62. The van der Waals surface area contributed by atoms with Crippen LogP contribution in [0.1, 0.15) is 17.2 Å². The number of aliphatic hydroxyl groups excluding tert-OH is 1. The van der Waals surface area contributed by atoms with Crippen molar-refractivity contribution in [3.8, 4) is 5.75 Å². The fourth-order valence-corrected chi connectivity index (χ4v) is 2.03. The van der Waals surface area contributed by atoms with Crippen molar-refractivity contribution in [1.82, 2.24) is 0 Å². The number of methoxy groups -OCH3 is 1. The molecule has 0 aliphatic heterocycles. The molecule has 3 nitrogen and oxygen atoms in total. The van der Waals surface area contributed by atoms with Crippen LogP contribution in [-0.4, -0.2) is 18.3 Å². The van der Waals surface area contributed by atoms with E-state index in [2.05, 4.69) is 0 Å². The molecule has 0 amide bonds. The topological polar surface area (TPSA) is 55.5 Å². The Labute approximate surface area is 113 Å². The van der Waals surface area contributed by atoms with Crippen LogP contribution in [-0.2, 0) is 6.42 Å². The van der Waals surface area contributed by atoms with Gasteiger partial charge in [-0.15, -0.1) is 0 Å². The van der Waals surface area contributed by atoms with Gasteiger partial charge in [0, 0.05) is 6.42 Å². The highest BCUT2D eigenvalue weighted by atomic mass is 16.5. The molecule has 3 N–H and O–H groups in total. The Bertz CT molecular complexity index is 496. The summed E-state index contributed by atoms with van der Waals surface area (Å²) in [4.78, 5) is 0. The third-order valence-electron chi connectivity index (χ3n) is 3.20. The van der Waals surface area contributed by atoms with Crippen LogP contribution in [0.2, 0.25) is 0 Å². The monoisotopic (exact) mass is 257 g/mol. The van der Waals surface area contributed by atoms with E-state index in [0.29, 0.717) is 6.42 Å². The second kappa shape index (κ2) is 6.36. The quantitative estimate of drug-likeness (QED) is 0.864. The van der Waals surface area contributed by atoms with E-state index < -0.39 is 12.1 Å². The molecule has 0 aromatic heterocycles. The van der Waals surface area contributed by atoms with Crippen LogP contribution in [0.5, 0.6) is 5.75 Å². The lowest BCUT2D eigenvalue weighted by Gasteiger charge is -2.19. The van der Waals surface area contributed by atoms with Gasteiger partial charge in [0.15, 0.2) is 0 Å². The summed E-state index contributed by atoms with van der Waals surface area (Å²) < 4.78 is 5.10. The van der Waals surface area contributed by atoms with Crippen molar-refractivity contribution in [3.05, 3.63) is 65.7 Å². The SMILES string of the molecule is COc1ccc([C@H](N)[C@H](O)Cc2ccccc2)cc1. The molecule has 0 saturated carbocycles. The van der Waals surface area contributed by atoms with Gasteiger partial charge < -0.3 is 15.6 Å². The van der Waals surface area contributed by atoms with Gasteiger partial charge in [-0.25, -0.2) is 0 Å². The standard InChI is InChI=1S/C16H19NO2/c1-19-14-9-7-13(8-10-14)16(17)15(18)11-12-5-3-2-4-6-12/h2-10,15-16,18H,11,17H2,1H3/t15-,16+/m1/s1. The number of nitrogens with two attached hydrogens (primary N) is 1. The molecule has 2 rings (SSSR count). The van der Waals surface area contributed by atoms with Crippen LogP contribution in [0.15, 0.2) is 54.6 Å². The van der Waals surface area contributed by atoms with Gasteiger partial charge in [0.2, 0.25) is 0 Å². The van der Waals surface area contributed by atoms with E-state index in [-0.39, 0.29) is 0 Å². The third kappa shape index (κ3) is 3.56. The van der Waals surface area contributed by atoms with Crippen LogP contribution < -0.4 is 10.5 Å².